The molecule has 0 aliphatic carbocycles. The van der Waals surface area contributed by atoms with E-state index in [0.717, 1.165) is 38.6 Å². The van der Waals surface area contributed by atoms with E-state index in [1.54, 1.807) is 24.7 Å². The third kappa shape index (κ3) is 4.28. The highest BCUT2D eigenvalue weighted by molar-refractivity contribution is 5.98. The summed E-state index contributed by atoms with van der Waals surface area (Å²) in [5, 5.41) is 11.3. The maximum Gasteiger partial charge on any atom is 0.229 e. The van der Waals surface area contributed by atoms with Crippen LogP contribution >= 0.6 is 0 Å². The van der Waals surface area contributed by atoms with Crippen LogP contribution in [0.2, 0.25) is 0 Å². The first-order valence-electron chi connectivity index (χ1n) is 12.1. The zero-order valence-electron chi connectivity index (χ0n) is 21.0. The van der Waals surface area contributed by atoms with Gasteiger partial charge >= 0.3 is 0 Å². The van der Waals surface area contributed by atoms with Crippen molar-refractivity contribution in [2.24, 2.45) is 5.41 Å². The highest BCUT2D eigenvalue weighted by atomic mass is 19.1. The summed E-state index contributed by atoms with van der Waals surface area (Å²) in [6.07, 6.45) is 5.02. The number of imidazole rings is 1. The molecule has 4 aromatic heterocycles. The predicted octanol–water partition coefficient (Wildman–Crippen LogP) is 6.35. The van der Waals surface area contributed by atoms with Crippen LogP contribution < -0.4 is 5.32 Å². The molecule has 0 bridgehead atoms. The van der Waals surface area contributed by atoms with E-state index in [2.05, 4.69) is 30.5 Å². The molecule has 0 atom stereocenters. The number of aromatic amines is 2. The molecule has 188 valence electrons. The van der Waals surface area contributed by atoms with Crippen molar-refractivity contribution in [1.29, 1.82) is 0 Å². The highest BCUT2D eigenvalue weighted by Gasteiger charge is 2.21. The van der Waals surface area contributed by atoms with Crippen molar-refractivity contribution >= 4 is 33.5 Å². The van der Waals surface area contributed by atoms with Crippen LogP contribution in [-0.4, -0.2) is 36.0 Å². The fraction of sp³-hybridized carbons (Fsp3) is 0.138. The lowest BCUT2D eigenvalue weighted by molar-refractivity contribution is -0.123. The molecular formula is C29H24FN7O. The molecule has 0 spiro atoms. The number of carbonyl (C=O) groups excluding carboxylic acids is 1. The molecule has 0 aliphatic rings. The Morgan fingerprint density at radius 2 is 1.79 bits per heavy atom. The number of amides is 1. The molecule has 8 nitrogen and oxygen atoms in total. The first-order valence-corrected chi connectivity index (χ1v) is 12.1. The SMILES string of the molecule is CC(C)(C)C(=O)Nc1cncc(-c2cc3c(-c4nc5c(-c6cccc(F)c6)cccc5[nH]4)n[nH]c3cn2)c1. The summed E-state index contributed by atoms with van der Waals surface area (Å²) in [5.74, 6) is 0.182. The summed E-state index contributed by atoms with van der Waals surface area (Å²) in [4.78, 5) is 29.5. The summed E-state index contributed by atoms with van der Waals surface area (Å²) in [6, 6.07) is 16.0. The number of nitrogens with zero attached hydrogens (tertiary/aromatic N) is 4. The number of halogens is 1. The fourth-order valence-electron chi connectivity index (χ4n) is 4.26. The largest absolute Gasteiger partial charge is 0.337 e. The van der Waals surface area contributed by atoms with Crippen molar-refractivity contribution in [3.63, 3.8) is 0 Å². The molecule has 6 rings (SSSR count). The molecule has 0 unspecified atom stereocenters. The van der Waals surface area contributed by atoms with Crippen LogP contribution in [-0.2, 0) is 4.79 Å². The lowest BCUT2D eigenvalue weighted by atomic mass is 9.95. The molecule has 9 heteroatoms. The lowest BCUT2D eigenvalue weighted by Gasteiger charge is -2.17. The predicted molar refractivity (Wildman–Crippen MR) is 146 cm³/mol. The first-order chi connectivity index (χ1) is 18.3. The zero-order valence-corrected chi connectivity index (χ0v) is 21.0. The molecule has 4 heterocycles. The number of nitrogens with one attached hydrogen (secondary N) is 3. The van der Waals surface area contributed by atoms with Crippen LogP contribution in [0.4, 0.5) is 10.1 Å². The second-order valence-electron chi connectivity index (χ2n) is 10.2. The zero-order chi connectivity index (χ0) is 26.4. The second-order valence-corrected chi connectivity index (χ2v) is 10.2. The van der Waals surface area contributed by atoms with Gasteiger partial charge in [-0.3, -0.25) is 19.9 Å². The molecule has 0 fully saturated rings. The molecular weight excluding hydrogens is 481 g/mol. The summed E-state index contributed by atoms with van der Waals surface area (Å²) in [7, 11) is 0. The van der Waals surface area contributed by atoms with Crippen molar-refractivity contribution in [1.82, 2.24) is 30.1 Å². The van der Waals surface area contributed by atoms with E-state index < -0.39 is 5.41 Å². The number of H-pyrrole nitrogens is 2. The van der Waals surface area contributed by atoms with Crippen molar-refractivity contribution in [3.05, 3.63) is 79.0 Å². The Morgan fingerprint density at radius 1 is 0.947 bits per heavy atom. The van der Waals surface area contributed by atoms with Gasteiger partial charge in [-0.1, -0.05) is 45.0 Å². The maximum atomic E-state index is 13.9. The minimum atomic E-state index is -0.528. The number of hydrogen-bond acceptors (Lipinski definition) is 5. The van der Waals surface area contributed by atoms with Gasteiger partial charge in [-0.05, 0) is 35.9 Å². The lowest BCUT2D eigenvalue weighted by Crippen LogP contribution is -2.27. The van der Waals surface area contributed by atoms with E-state index in [4.69, 9.17) is 4.98 Å². The van der Waals surface area contributed by atoms with E-state index in [1.165, 1.54) is 12.1 Å². The molecule has 0 radical (unpaired) electrons. The van der Waals surface area contributed by atoms with Crippen LogP contribution in [0, 0.1) is 11.2 Å². The third-order valence-electron chi connectivity index (χ3n) is 6.29. The van der Waals surface area contributed by atoms with Crippen molar-refractivity contribution in [3.8, 4) is 33.9 Å². The van der Waals surface area contributed by atoms with Crippen molar-refractivity contribution in [2.45, 2.75) is 20.8 Å². The Balaban J connectivity index is 1.40. The van der Waals surface area contributed by atoms with Crippen LogP contribution in [0.5, 0.6) is 0 Å². The summed E-state index contributed by atoms with van der Waals surface area (Å²) < 4.78 is 13.9. The number of rotatable bonds is 4. The summed E-state index contributed by atoms with van der Waals surface area (Å²) in [5.41, 5.74) is 6.00. The Hall–Kier alpha value is -4.92. The Bertz CT molecular complexity index is 1830. The van der Waals surface area contributed by atoms with Gasteiger partial charge in [0.2, 0.25) is 5.91 Å². The van der Waals surface area contributed by atoms with Crippen LogP contribution in [0.1, 0.15) is 20.8 Å². The number of para-hydroxylation sites is 1. The number of carbonyl (C=O) groups is 1. The van der Waals surface area contributed by atoms with E-state index >= 15 is 0 Å². The topological polar surface area (TPSA) is 112 Å². The van der Waals surface area contributed by atoms with E-state index in [1.807, 2.05) is 57.2 Å². The van der Waals surface area contributed by atoms with E-state index in [-0.39, 0.29) is 11.7 Å². The second kappa shape index (κ2) is 8.88. The van der Waals surface area contributed by atoms with Gasteiger partial charge in [-0.15, -0.1) is 0 Å². The van der Waals surface area contributed by atoms with Crippen molar-refractivity contribution in [2.75, 3.05) is 5.32 Å². The van der Waals surface area contributed by atoms with Crippen LogP contribution in [0.25, 0.3) is 55.8 Å². The molecule has 38 heavy (non-hydrogen) atoms. The average Bonchev–Trinajstić information content (AvgIpc) is 3.52. The van der Waals surface area contributed by atoms with E-state index in [9.17, 15) is 9.18 Å². The Morgan fingerprint density at radius 3 is 2.61 bits per heavy atom. The van der Waals surface area contributed by atoms with Crippen LogP contribution in [0.15, 0.2) is 73.2 Å². The van der Waals surface area contributed by atoms with E-state index in [0.29, 0.717) is 22.9 Å². The first kappa shape index (κ1) is 23.5. The number of pyridine rings is 2. The third-order valence-corrected chi connectivity index (χ3v) is 6.29. The van der Waals surface area contributed by atoms with Gasteiger partial charge in [0, 0.05) is 28.1 Å². The van der Waals surface area contributed by atoms with Crippen LogP contribution in [0.3, 0.4) is 0 Å². The highest BCUT2D eigenvalue weighted by Crippen LogP contribution is 2.33. The Labute approximate surface area is 217 Å². The van der Waals surface area contributed by atoms with Gasteiger partial charge in [-0.2, -0.15) is 5.10 Å². The normalized spacial score (nSPS) is 11.8. The molecule has 6 aromatic rings. The smallest absolute Gasteiger partial charge is 0.229 e. The quantitative estimate of drug-likeness (QED) is 0.258. The van der Waals surface area contributed by atoms with Gasteiger partial charge in [-0.25, -0.2) is 9.37 Å². The molecule has 0 aliphatic heterocycles. The number of benzene rings is 2. The monoisotopic (exact) mass is 505 g/mol. The molecule has 2 aromatic carbocycles. The summed E-state index contributed by atoms with van der Waals surface area (Å²) in [6.45, 7) is 5.57. The van der Waals surface area contributed by atoms with Gasteiger partial charge < -0.3 is 10.3 Å². The standard InChI is InChI=1S/C29H24FN7O/c1-29(2,3)28(38)33-19-11-17(13-31-14-19)23-12-21-24(15-32-23)36-37-26(21)27-34-22-9-5-8-20(25(22)35-27)16-6-4-7-18(30)10-16/h4-15H,1-3H3,(H,33,38)(H,34,35)(H,36,37). The van der Waals surface area contributed by atoms with Gasteiger partial charge in [0.1, 0.15) is 11.5 Å². The van der Waals surface area contributed by atoms with Gasteiger partial charge in [0.15, 0.2) is 5.82 Å². The number of hydrogen-bond donors (Lipinski definition) is 3. The maximum absolute atomic E-state index is 13.9. The molecule has 3 N–H and O–H groups in total. The number of fused-ring (bicyclic) bond motifs is 2. The molecule has 0 saturated heterocycles. The van der Waals surface area contributed by atoms with Crippen molar-refractivity contribution < 1.29 is 9.18 Å². The summed E-state index contributed by atoms with van der Waals surface area (Å²) >= 11 is 0. The van der Waals surface area contributed by atoms with Gasteiger partial charge in [0.25, 0.3) is 0 Å². The number of anilines is 1. The minimum Gasteiger partial charge on any atom is -0.337 e. The minimum absolute atomic E-state index is 0.0977. The average molecular weight is 506 g/mol. The van der Waals surface area contributed by atoms with Gasteiger partial charge in [0.05, 0.1) is 40.3 Å². The number of aromatic nitrogens is 6. The fourth-order valence-corrected chi connectivity index (χ4v) is 4.26. The Kier molecular flexibility index (Phi) is 5.48. The molecule has 0 saturated carbocycles. The molecule has 1 amide bonds.